The molecule has 0 aromatic rings. The van der Waals surface area contributed by atoms with Crippen molar-refractivity contribution >= 4 is 5.91 Å². The third-order valence-electron chi connectivity index (χ3n) is 3.52. The van der Waals surface area contributed by atoms with Crippen molar-refractivity contribution in [2.24, 2.45) is 11.8 Å². The van der Waals surface area contributed by atoms with Crippen LogP contribution in [0.2, 0.25) is 0 Å². The Hall–Kier alpha value is -1.08. The van der Waals surface area contributed by atoms with Gasteiger partial charge in [-0.3, -0.25) is 4.79 Å². The van der Waals surface area contributed by atoms with Crippen molar-refractivity contribution in [1.82, 2.24) is 10.6 Å². The molecule has 1 amide bonds. The topological polar surface area (TPSA) is 64.9 Å². The van der Waals surface area contributed by atoms with E-state index in [9.17, 15) is 4.79 Å². The van der Waals surface area contributed by atoms with Crippen LogP contribution in [0.4, 0.5) is 0 Å². The van der Waals surface area contributed by atoms with E-state index in [-0.39, 0.29) is 5.91 Å². The maximum absolute atomic E-state index is 11.4. The summed E-state index contributed by atoms with van der Waals surface area (Å²) in [5.74, 6) is 1.45. The summed E-state index contributed by atoms with van der Waals surface area (Å²) in [6.45, 7) is 5.37. The number of hydrogen-bond acceptors (Lipinski definition) is 3. The molecule has 1 aliphatic rings. The Morgan fingerprint density at radius 3 is 2.82 bits per heavy atom. The van der Waals surface area contributed by atoms with Crippen LogP contribution in [0.1, 0.15) is 39.5 Å². The number of carbonyl (C=O) groups excluding carboxylic acids is 1. The molecule has 0 aromatic heterocycles. The molecule has 3 unspecified atom stereocenters. The van der Waals surface area contributed by atoms with Gasteiger partial charge < -0.3 is 10.6 Å². The fraction of sp³-hybridized carbons (Fsp3) is 0.846. The largest absolute Gasteiger partial charge is 0.354 e. The van der Waals surface area contributed by atoms with E-state index in [2.05, 4.69) is 24.5 Å². The van der Waals surface area contributed by atoms with Gasteiger partial charge >= 0.3 is 0 Å². The Balaban J connectivity index is 2.17. The maximum atomic E-state index is 11.4. The quantitative estimate of drug-likeness (QED) is 0.711. The normalized spacial score (nSPS) is 28.4. The molecule has 3 atom stereocenters. The lowest BCUT2D eigenvalue weighted by Crippen LogP contribution is -2.44. The number of nitriles is 1. The Morgan fingerprint density at radius 1 is 1.41 bits per heavy atom. The molecule has 2 N–H and O–H groups in total. The second-order valence-electron chi connectivity index (χ2n) is 5.14. The molecule has 17 heavy (non-hydrogen) atoms. The summed E-state index contributed by atoms with van der Waals surface area (Å²) in [5.41, 5.74) is 0. The number of carbonyl (C=O) groups is 1. The van der Waals surface area contributed by atoms with Gasteiger partial charge in [-0.2, -0.15) is 5.26 Å². The molecule has 4 heteroatoms. The zero-order chi connectivity index (χ0) is 12.7. The third kappa shape index (κ3) is 5.18. The van der Waals surface area contributed by atoms with Crippen LogP contribution in [-0.2, 0) is 4.79 Å². The molecule has 0 heterocycles. The van der Waals surface area contributed by atoms with E-state index in [0.717, 1.165) is 12.3 Å². The standard InChI is InChI=1S/C13H23N3O/c1-10-4-5-12(11(2)8-10)16-9-13(17)15-7-3-6-14/h10-12,16H,3-5,7-9H2,1-2H3,(H,15,17). The van der Waals surface area contributed by atoms with E-state index >= 15 is 0 Å². The van der Waals surface area contributed by atoms with Crippen molar-refractivity contribution in [2.45, 2.75) is 45.6 Å². The smallest absolute Gasteiger partial charge is 0.233 e. The minimum Gasteiger partial charge on any atom is -0.354 e. The molecule has 1 aliphatic carbocycles. The van der Waals surface area contributed by atoms with Crippen molar-refractivity contribution in [3.05, 3.63) is 0 Å². The van der Waals surface area contributed by atoms with E-state index in [1.165, 1.54) is 12.8 Å². The molecule has 1 rings (SSSR count). The van der Waals surface area contributed by atoms with Gasteiger partial charge in [-0.15, -0.1) is 0 Å². The summed E-state index contributed by atoms with van der Waals surface area (Å²) in [4.78, 5) is 11.4. The molecule has 4 nitrogen and oxygen atoms in total. The second-order valence-corrected chi connectivity index (χ2v) is 5.14. The first-order valence-electron chi connectivity index (χ1n) is 6.50. The Bertz CT molecular complexity index is 285. The predicted molar refractivity (Wildman–Crippen MR) is 67.2 cm³/mol. The monoisotopic (exact) mass is 237 g/mol. The third-order valence-corrected chi connectivity index (χ3v) is 3.52. The summed E-state index contributed by atoms with van der Waals surface area (Å²) in [6.07, 6.45) is 4.03. The first kappa shape index (κ1) is 14.0. The first-order valence-corrected chi connectivity index (χ1v) is 6.50. The van der Waals surface area contributed by atoms with Crippen molar-refractivity contribution in [3.63, 3.8) is 0 Å². The van der Waals surface area contributed by atoms with Gasteiger partial charge in [0.2, 0.25) is 5.91 Å². The minimum absolute atomic E-state index is 0.00827. The summed E-state index contributed by atoms with van der Waals surface area (Å²) >= 11 is 0. The predicted octanol–water partition coefficient (Wildman–Crippen LogP) is 1.43. The maximum Gasteiger partial charge on any atom is 0.233 e. The number of amides is 1. The lowest BCUT2D eigenvalue weighted by atomic mass is 9.80. The van der Waals surface area contributed by atoms with Gasteiger partial charge in [0.15, 0.2) is 0 Å². The van der Waals surface area contributed by atoms with Gasteiger partial charge in [0.1, 0.15) is 0 Å². The van der Waals surface area contributed by atoms with Crippen LogP contribution in [0.5, 0.6) is 0 Å². The number of nitrogens with zero attached hydrogens (tertiary/aromatic N) is 1. The highest BCUT2D eigenvalue weighted by atomic mass is 16.1. The van der Waals surface area contributed by atoms with Crippen LogP contribution < -0.4 is 10.6 Å². The lowest BCUT2D eigenvalue weighted by Gasteiger charge is -2.33. The fourth-order valence-electron chi connectivity index (χ4n) is 2.51. The van der Waals surface area contributed by atoms with E-state index in [0.29, 0.717) is 31.5 Å². The van der Waals surface area contributed by atoms with Gasteiger partial charge in [0, 0.05) is 12.6 Å². The summed E-state index contributed by atoms with van der Waals surface area (Å²) in [7, 11) is 0. The highest BCUT2D eigenvalue weighted by molar-refractivity contribution is 5.77. The molecule has 1 fully saturated rings. The molecule has 0 bridgehead atoms. The van der Waals surface area contributed by atoms with Gasteiger partial charge in [0.05, 0.1) is 19.0 Å². The van der Waals surface area contributed by atoms with Crippen LogP contribution in [0.3, 0.4) is 0 Å². The van der Waals surface area contributed by atoms with Crippen LogP contribution in [0.15, 0.2) is 0 Å². The summed E-state index contributed by atoms with van der Waals surface area (Å²) < 4.78 is 0. The van der Waals surface area contributed by atoms with Crippen LogP contribution >= 0.6 is 0 Å². The van der Waals surface area contributed by atoms with Gasteiger partial charge in [-0.1, -0.05) is 13.8 Å². The van der Waals surface area contributed by atoms with Crippen molar-refractivity contribution in [2.75, 3.05) is 13.1 Å². The van der Waals surface area contributed by atoms with E-state index < -0.39 is 0 Å². The van der Waals surface area contributed by atoms with Crippen LogP contribution in [0.25, 0.3) is 0 Å². The van der Waals surface area contributed by atoms with E-state index in [4.69, 9.17) is 5.26 Å². The first-order chi connectivity index (χ1) is 8.13. The summed E-state index contributed by atoms with van der Waals surface area (Å²) in [6, 6.07) is 2.47. The average molecular weight is 237 g/mol. The number of rotatable bonds is 5. The summed E-state index contributed by atoms with van der Waals surface area (Å²) in [5, 5.41) is 14.4. The molecule has 0 aliphatic heterocycles. The second kappa shape index (κ2) is 7.29. The van der Waals surface area contributed by atoms with Crippen molar-refractivity contribution < 1.29 is 4.79 Å². The fourth-order valence-corrected chi connectivity index (χ4v) is 2.51. The molecule has 0 aromatic carbocycles. The average Bonchev–Trinajstić information content (AvgIpc) is 2.28. The molecule has 96 valence electrons. The van der Waals surface area contributed by atoms with Crippen molar-refractivity contribution in [3.8, 4) is 6.07 Å². The number of nitrogens with one attached hydrogen (secondary N) is 2. The molecule has 0 saturated heterocycles. The van der Waals surface area contributed by atoms with Gasteiger partial charge in [0.25, 0.3) is 0 Å². The SMILES string of the molecule is CC1CCC(NCC(=O)NCCC#N)C(C)C1. The van der Waals surface area contributed by atoms with Crippen LogP contribution in [0, 0.1) is 23.2 Å². The van der Waals surface area contributed by atoms with E-state index in [1.807, 2.05) is 6.07 Å². The highest BCUT2D eigenvalue weighted by Crippen LogP contribution is 2.28. The Kier molecular flexibility index (Phi) is 5.99. The Morgan fingerprint density at radius 2 is 2.18 bits per heavy atom. The lowest BCUT2D eigenvalue weighted by molar-refractivity contribution is -0.120. The zero-order valence-electron chi connectivity index (χ0n) is 10.8. The number of hydrogen-bond donors (Lipinski definition) is 2. The molecule has 0 radical (unpaired) electrons. The molecule has 0 spiro atoms. The zero-order valence-corrected chi connectivity index (χ0v) is 10.8. The van der Waals surface area contributed by atoms with Gasteiger partial charge in [-0.05, 0) is 31.1 Å². The minimum atomic E-state index is -0.00827. The van der Waals surface area contributed by atoms with Crippen molar-refractivity contribution in [1.29, 1.82) is 5.26 Å². The Labute approximate surface area is 104 Å². The molecular formula is C13H23N3O. The van der Waals surface area contributed by atoms with E-state index in [1.54, 1.807) is 0 Å². The highest BCUT2D eigenvalue weighted by Gasteiger charge is 2.25. The molecule has 1 saturated carbocycles. The van der Waals surface area contributed by atoms with Crippen LogP contribution in [-0.4, -0.2) is 25.0 Å². The molecular weight excluding hydrogens is 214 g/mol. The van der Waals surface area contributed by atoms with Gasteiger partial charge in [-0.25, -0.2) is 0 Å².